The molecule has 1 fully saturated rings. The molecule has 0 spiro atoms. The third-order valence-electron chi connectivity index (χ3n) is 4.22. The zero-order valence-electron chi connectivity index (χ0n) is 13.9. The number of carbonyl (C=O) groups excluding carboxylic acids is 2. The number of anilines is 1. The highest BCUT2D eigenvalue weighted by atomic mass is 32.1. The fourth-order valence-corrected chi connectivity index (χ4v) is 3.81. The number of nitrogens with zero attached hydrogens (tertiary/aromatic N) is 2. The minimum absolute atomic E-state index is 0.189. The lowest BCUT2D eigenvalue weighted by molar-refractivity contribution is 0.0601. The lowest BCUT2D eigenvalue weighted by Gasteiger charge is -2.25. The van der Waals surface area contributed by atoms with Crippen LogP contribution < -0.4 is 5.32 Å². The average Bonchev–Trinajstić information content (AvgIpc) is 3.21. The Hall–Kier alpha value is -2.48. The van der Waals surface area contributed by atoms with Gasteiger partial charge in [0, 0.05) is 6.54 Å². The van der Waals surface area contributed by atoms with Gasteiger partial charge in [-0.25, -0.2) is 14.0 Å². The molecule has 6 nitrogen and oxygen atoms in total. The minimum atomic E-state index is -0.537. The van der Waals surface area contributed by atoms with Crippen molar-refractivity contribution < 1.29 is 18.7 Å². The number of esters is 1. The fraction of sp³-hybridized carbons (Fsp3) is 0.353. The van der Waals surface area contributed by atoms with Gasteiger partial charge < -0.3 is 9.64 Å². The van der Waals surface area contributed by atoms with Crippen LogP contribution >= 0.6 is 11.5 Å². The standard InChI is InChI=1S/C17H18FN3O3S/c1-10-14(16(22)24-2)15(25-20-10)19-17(23)21-8-4-7-13(21)11-5-3-6-12(18)9-11/h3,5-6,9,13H,4,7-8H2,1-2H3,(H,19,23). The van der Waals surface area contributed by atoms with Crippen molar-refractivity contribution in [3.05, 3.63) is 46.9 Å². The van der Waals surface area contributed by atoms with Crippen molar-refractivity contribution in [1.82, 2.24) is 9.27 Å². The molecule has 2 aromatic rings. The number of carbonyl (C=O) groups is 2. The molecule has 1 N–H and O–H groups in total. The predicted octanol–water partition coefficient (Wildman–Crippen LogP) is 3.75. The van der Waals surface area contributed by atoms with Crippen LogP contribution in [0.2, 0.25) is 0 Å². The van der Waals surface area contributed by atoms with Gasteiger partial charge in [0.1, 0.15) is 16.4 Å². The number of benzene rings is 1. The van der Waals surface area contributed by atoms with E-state index in [4.69, 9.17) is 4.74 Å². The molecule has 1 aliphatic heterocycles. The first-order valence-corrected chi connectivity index (χ1v) is 8.66. The summed E-state index contributed by atoms with van der Waals surface area (Å²) in [6.45, 7) is 2.25. The van der Waals surface area contributed by atoms with Crippen LogP contribution in [-0.4, -0.2) is 34.9 Å². The number of halogens is 1. The summed E-state index contributed by atoms with van der Waals surface area (Å²) in [5, 5.41) is 3.11. The van der Waals surface area contributed by atoms with E-state index in [0.29, 0.717) is 17.2 Å². The monoisotopic (exact) mass is 363 g/mol. The van der Waals surface area contributed by atoms with Crippen LogP contribution in [0.15, 0.2) is 24.3 Å². The van der Waals surface area contributed by atoms with Gasteiger partial charge in [0.2, 0.25) is 0 Å². The number of hydrogen-bond donors (Lipinski definition) is 1. The van der Waals surface area contributed by atoms with E-state index in [1.165, 1.54) is 19.2 Å². The van der Waals surface area contributed by atoms with E-state index in [1.54, 1.807) is 17.9 Å². The smallest absolute Gasteiger partial charge is 0.342 e. The minimum Gasteiger partial charge on any atom is -0.465 e. The summed E-state index contributed by atoms with van der Waals surface area (Å²) in [5.74, 6) is -0.861. The Labute approximate surface area is 148 Å². The van der Waals surface area contributed by atoms with Crippen LogP contribution in [0.5, 0.6) is 0 Å². The van der Waals surface area contributed by atoms with E-state index in [0.717, 1.165) is 29.9 Å². The Morgan fingerprint density at radius 1 is 1.44 bits per heavy atom. The van der Waals surface area contributed by atoms with Crippen molar-refractivity contribution in [1.29, 1.82) is 0 Å². The first kappa shape index (κ1) is 17.3. The quantitative estimate of drug-likeness (QED) is 0.843. The van der Waals surface area contributed by atoms with Gasteiger partial charge in [-0.2, -0.15) is 4.37 Å². The number of methoxy groups -OCH3 is 1. The van der Waals surface area contributed by atoms with Crippen LogP contribution in [-0.2, 0) is 4.74 Å². The lowest BCUT2D eigenvalue weighted by Crippen LogP contribution is -2.34. The number of ether oxygens (including phenoxy) is 1. The Bertz CT molecular complexity index is 808. The Morgan fingerprint density at radius 2 is 2.24 bits per heavy atom. The van der Waals surface area contributed by atoms with Crippen LogP contribution in [0.25, 0.3) is 0 Å². The summed E-state index contributed by atoms with van der Waals surface area (Å²) >= 11 is 1.04. The van der Waals surface area contributed by atoms with Gasteiger partial charge in [0.05, 0.1) is 18.8 Å². The molecule has 1 aromatic heterocycles. The maximum absolute atomic E-state index is 13.5. The topological polar surface area (TPSA) is 71.5 Å². The van der Waals surface area contributed by atoms with Crippen molar-refractivity contribution in [3.63, 3.8) is 0 Å². The Kier molecular flexibility index (Phi) is 4.98. The number of rotatable bonds is 3. The molecule has 2 amide bonds. The zero-order valence-corrected chi connectivity index (χ0v) is 14.7. The molecule has 0 saturated carbocycles. The van der Waals surface area contributed by atoms with Crippen LogP contribution in [0, 0.1) is 12.7 Å². The number of aryl methyl sites for hydroxylation is 1. The van der Waals surface area contributed by atoms with Gasteiger partial charge in [0.15, 0.2) is 0 Å². The van der Waals surface area contributed by atoms with E-state index < -0.39 is 5.97 Å². The molecule has 0 bridgehead atoms. The molecule has 1 atom stereocenters. The summed E-state index contributed by atoms with van der Waals surface area (Å²) in [6, 6.07) is 5.77. The van der Waals surface area contributed by atoms with Crippen LogP contribution in [0.1, 0.15) is 40.5 Å². The van der Waals surface area contributed by atoms with Gasteiger partial charge in [0.25, 0.3) is 0 Å². The van der Waals surface area contributed by atoms with E-state index in [-0.39, 0.29) is 23.5 Å². The molecule has 0 radical (unpaired) electrons. The van der Waals surface area contributed by atoms with Gasteiger partial charge >= 0.3 is 12.0 Å². The molecule has 0 aliphatic carbocycles. The molecular formula is C17H18FN3O3S. The van der Waals surface area contributed by atoms with Crippen molar-refractivity contribution in [2.45, 2.75) is 25.8 Å². The Morgan fingerprint density at radius 3 is 2.96 bits per heavy atom. The van der Waals surface area contributed by atoms with E-state index >= 15 is 0 Å². The van der Waals surface area contributed by atoms with Gasteiger partial charge in [-0.1, -0.05) is 12.1 Å². The second-order valence-corrected chi connectivity index (χ2v) is 6.57. The van der Waals surface area contributed by atoms with E-state index in [9.17, 15) is 14.0 Å². The lowest BCUT2D eigenvalue weighted by atomic mass is 10.0. The predicted molar refractivity (Wildman–Crippen MR) is 92.3 cm³/mol. The molecular weight excluding hydrogens is 345 g/mol. The highest BCUT2D eigenvalue weighted by Gasteiger charge is 2.31. The zero-order chi connectivity index (χ0) is 18.0. The highest BCUT2D eigenvalue weighted by Crippen LogP contribution is 2.33. The number of amides is 2. The number of nitrogens with one attached hydrogen (secondary N) is 1. The normalized spacial score (nSPS) is 16.8. The van der Waals surface area contributed by atoms with Gasteiger partial charge in [-0.05, 0) is 49.0 Å². The molecule has 25 heavy (non-hydrogen) atoms. The molecule has 132 valence electrons. The van der Waals surface area contributed by atoms with E-state index in [2.05, 4.69) is 9.69 Å². The van der Waals surface area contributed by atoms with Crippen molar-refractivity contribution in [2.75, 3.05) is 19.0 Å². The summed E-state index contributed by atoms with van der Waals surface area (Å²) in [7, 11) is 1.28. The molecule has 2 heterocycles. The molecule has 1 aromatic carbocycles. The largest absolute Gasteiger partial charge is 0.465 e. The first-order valence-electron chi connectivity index (χ1n) is 7.89. The van der Waals surface area contributed by atoms with Gasteiger partial charge in [-0.15, -0.1) is 0 Å². The SMILES string of the molecule is COC(=O)c1c(C)nsc1NC(=O)N1CCCC1c1cccc(F)c1. The number of hydrogen-bond acceptors (Lipinski definition) is 5. The average molecular weight is 363 g/mol. The van der Waals surface area contributed by atoms with E-state index in [1.807, 2.05) is 6.07 Å². The summed E-state index contributed by atoms with van der Waals surface area (Å²) < 4.78 is 22.4. The van der Waals surface area contributed by atoms with Crippen LogP contribution in [0.4, 0.5) is 14.2 Å². The second-order valence-electron chi connectivity index (χ2n) is 5.80. The van der Waals surface area contributed by atoms with Crippen molar-refractivity contribution in [3.8, 4) is 0 Å². The second kappa shape index (κ2) is 7.18. The first-order chi connectivity index (χ1) is 12.0. The summed E-state index contributed by atoms with van der Waals surface area (Å²) in [4.78, 5) is 26.2. The van der Waals surface area contributed by atoms with Crippen molar-refractivity contribution in [2.24, 2.45) is 0 Å². The van der Waals surface area contributed by atoms with Gasteiger partial charge in [-0.3, -0.25) is 5.32 Å². The summed E-state index contributed by atoms with van der Waals surface area (Å²) in [6.07, 6.45) is 1.60. The number of aromatic nitrogens is 1. The molecule has 1 unspecified atom stereocenters. The van der Waals surface area contributed by atoms with Crippen LogP contribution in [0.3, 0.4) is 0 Å². The number of urea groups is 1. The molecule has 3 rings (SSSR count). The highest BCUT2D eigenvalue weighted by molar-refractivity contribution is 7.11. The molecule has 1 aliphatic rings. The third kappa shape index (κ3) is 3.48. The summed E-state index contributed by atoms with van der Waals surface area (Å²) in [5.41, 5.74) is 1.54. The Balaban J connectivity index is 1.80. The molecule has 1 saturated heterocycles. The molecule has 8 heteroatoms. The maximum atomic E-state index is 13.5. The third-order valence-corrected chi connectivity index (χ3v) is 5.07. The fourth-order valence-electron chi connectivity index (χ4n) is 3.04. The van der Waals surface area contributed by atoms with Crippen molar-refractivity contribution >= 4 is 28.5 Å². The maximum Gasteiger partial charge on any atom is 0.342 e. The number of likely N-dealkylation sites (tertiary alicyclic amines) is 1.